The molecule has 0 spiro atoms. The Morgan fingerprint density at radius 3 is 2.95 bits per heavy atom. The number of nitrogens with zero attached hydrogens (tertiary/aromatic N) is 4. The van der Waals surface area contributed by atoms with Gasteiger partial charge >= 0.3 is 0 Å². The monoisotopic (exact) mass is 261 g/mol. The first-order valence-electron chi connectivity index (χ1n) is 6.84. The zero-order valence-corrected chi connectivity index (χ0v) is 11.4. The maximum Gasteiger partial charge on any atom is 0.241 e. The summed E-state index contributed by atoms with van der Waals surface area (Å²) in [5, 5.41) is 11.7. The molecule has 0 atom stereocenters. The van der Waals surface area contributed by atoms with Crippen LogP contribution in [0.1, 0.15) is 25.5 Å². The molecule has 2 aromatic heterocycles. The number of fused-ring (bicyclic) bond motifs is 1. The molecule has 0 radical (unpaired) electrons. The summed E-state index contributed by atoms with van der Waals surface area (Å²) < 4.78 is 3.66. The van der Waals surface area contributed by atoms with Crippen LogP contribution in [0.5, 0.6) is 0 Å². The minimum atomic E-state index is 0.0283. The molecule has 1 amide bonds. The fraction of sp³-hybridized carbons (Fsp3) is 0.615. The predicted octanol–water partition coefficient (Wildman–Crippen LogP) is 1.09. The van der Waals surface area contributed by atoms with E-state index < -0.39 is 0 Å². The zero-order chi connectivity index (χ0) is 13.4. The second-order valence-corrected chi connectivity index (χ2v) is 5.18. The Hall–Kier alpha value is -1.85. The van der Waals surface area contributed by atoms with Gasteiger partial charge in [0, 0.05) is 13.1 Å². The van der Waals surface area contributed by atoms with Crippen molar-refractivity contribution in [1.29, 1.82) is 0 Å². The molecule has 1 aliphatic rings. The zero-order valence-electron chi connectivity index (χ0n) is 11.4. The molecule has 2 aromatic rings. The highest BCUT2D eigenvalue weighted by Crippen LogP contribution is 2.27. The average Bonchev–Trinajstić information content (AvgIpc) is 3.05. The van der Waals surface area contributed by atoms with E-state index in [1.54, 1.807) is 10.9 Å². The smallest absolute Gasteiger partial charge is 0.241 e. The first kappa shape index (κ1) is 12.2. The molecule has 0 saturated heterocycles. The number of aromatic nitrogens is 4. The van der Waals surface area contributed by atoms with E-state index >= 15 is 0 Å². The molecule has 19 heavy (non-hydrogen) atoms. The van der Waals surface area contributed by atoms with Crippen molar-refractivity contribution in [1.82, 2.24) is 24.9 Å². The van der Waals surface area contributed by atoms with Gasteiger partial charge in [-0.15, -0.1) is 0 Å². The maximum absolute atomic E-state index is 11.9. The Morgan fingerprint density at radius 1 is 1.47 bits per heavy atom. The lowest BCUT2D eigenvalue weighted by Gasteiger charge is -2.04. The Labute approximate surface area is 111 Å². The number of carbonyl (C=O) groups is 1. The van der Waals surface area contributed by atoms with Gasteiger partial charge in [-0.3, -0.25) is 14.2 Å². The molecule has 6 heteroatoms. The number of hydrogen-bond acceptors (Lipinski definition) is 3. The summed E-state index contributed by atoms with van der Waals surface area (Å²) in [4.78, 5) is 11.9. The third-order valence-electron chi connectivity index (χ3n) is 3.59. The van der Waals surface area contributed by atoms with E-state index in [1.165, 1.54) is 12.8 Å². The molecular weight excluding hydrogens is 242 g/mol. The summed E-state index contributed by atoms with van der Waals surface area (Å²) in [7, 11) is 0. The summed E-state index contributed by atoms with van der Waals surface area (Å²) in [6, 6.07) is 0. The molecule has 0 aliphatic heterocycles. The van der Waals surface area contributed by atoms with E-state index in [4.69, 9.17) is 0 Å². The van der Waals surface area contributed by atoms with E-state index in [9.17, 15) is 4.79 Å². The van der Waals surface area contributed by atoms with Crippen LogP contribution < -0.4 is 5.32 Å². The van der Waals surface area contributed by atoms with Gasteiger partial charge in [-0.1, -0.05) is 0 Å². The Kier molecular flexibility index (Phi) is 3.00. The number of hydrogen-bond donors (Lipinski definition) is 1. The van der Waals surface area contributed by atoms with Gasteiger partial charge in [0.2, 0.25) is 5.91 Å². The van der Waals surface area contributed by atoms with Crippen molar-refractivity contribution in [2.45, 2.75) is 39.8 Å². The van der Waals surface area contributed by atoms with Crippen LogP contribution in [0.4, 0.5) is 0 Å². The summed E-state index contributed by atoms with van der Waals surface area (Å²) >= 11 is 0. The largest absolute Gasteiger partial charge is 0.354 e. The molecule has 3 rings (SSSR count). The molecular formula is C13H19N5O. The minimum absolute atomic E-state index is 0.0283. The summed E-state index contributed by atoms with van der Waals surface area (Å²) in [5.41, 5.74) is 2.88. The maximum atomic E-state index is 11.9. The fourth-order valence-electron chi connectivity index (χ4n) is 2.35. The van der Waals surface area contributed by atoms with Crippen LogP contribution in [0.2, 0.25) is 0 Å². The van der Waals surface area contributed by atoms with Crippen molar-refractivity contribution < 1.29 is 4.79 Å². The van der Waals surface area contributed by atoms with Crippen LogP contribution in [-0.2, 0) is 17.9 Å². The van der Waals surface area contributed by atoms with Gasteiger partial charge in [0.15, 0.2) is 0 Å². The van der Waals surface area contributed by atoms with Crippen molar-refractivity contribution in [3.63, 3.8) is 0 Å². The topological polar surface area (TPSA) is 64.7 Å². The van der Waals surface area contributed by atoms with Crippen LogP contribution in [0.25, 0.3) is 11.0 Å². The summed E-state index contributed by atoms with van der Waals surface area (Å²) in [5.74, 6) is 0.728. The van der Waals surface area contributed by atoms with Crippen LogP contribution in [0.3, 0.4) is 0 Å². The van der Waals surface area contributed by atoms with E-state index in [-0.39, 0.29) is 12.5 Å². The predicted molar refractivity (Wildman–Crippen MR) is 71.7 cm³/mol. The second kappa shape index (κ2) is 4.68. The molecule has 0 aromatic carbocycles. The van der Waals surface area contributed by atoms with Gasteiger partial charge in [0.1, 0.15) is 17.6 Å². The fourth-order valence-corrected chi connectivity index (χ4v) is 2.35. The lowest BCUT2D eigenvalue weighted by atomic mass is 10.4. The van der Waals surface area contributed by atoms with Crippen molar-refractivity contribution in [2.24, 2.45) is 5.92 Å². The van der Waals surface area contributed by atoms with Gasteiger partial charge in [0.25, 0.3) is 0 Å². The quantitative estimate of drug-likeness (QED) is 0.876. The van der Waals surface area contributed by atoms with Crippen molar-refractivity contribution in [2.75, 3.05) is 6.54 Å². The molecule has 1 fully saturated rings. The number of rotatable bonds is 5. The molecule has 1 saturated carbocycles. The lowest BCUT2D eigenvalue weighted by Crippen LogP contribution is -2.29. The van der Waals surface area contributed by atoms with Crippen LogP contribution in [-0.4, -0.2) is 32.0 Å². The highest BCUT2D eigenvalue weighted by molar-refractivity contribution is 5.81. The third kappa shape index (κ3) is 2.34. The lowest BCUT2D eigenvalue weighted by molar-refractivity contribution is -0.121. The van der Waals surface area contributed by atoms with Gasteiger partial charge in [-0.2, -0.15) is 10.2 Å². The normalized spacial score (nSPS) is 15.1. The average molecular weight is 261 g/mol. The molecule has 6 nitrogen and oxygen atoms in total. The van der Waals surface area contributed by atoms with Crippen LogP contribution in [0, 0.1) is 12.8 Å². The SMILES string of the molecule is CCn1nc(C)c2c1cnn2CC(=O)NCC1CC1. The van der Waals surface area contributed by atoms with E-state index in [2.05, 4.69) is 15.5 Å². The van der Waals surface area contributed by atoms with E-state index in [1.807, 2.05) is 18.5 Å². The highest BCUT2D eigenvalue weighted by atomic mass is 16.2. The van der Waals surface area contributed by atoms with Gasteiger partial charge < -0.3 is 5.32 Å². The van der Waals surface area contributed by atoms with Crippen molar-refractivity contribution in [3.05, 3.63) is 11.9 Å². The van der Waals surface area contributed by atoms with E-state index in [0.29, 0.717) is 5.92 Å². The van der Waals surface area contributed by atoms with Gasteiger partial charge in [-0.25, -0.2) is 0 Å². The minimum Gasteiger partial charge on any atom is -0.354 e. The van der Waals surface area contributed by atoms with E-state index in [0.717, 1.165) is 29.8 Å². The molecule has 102 valence electrons. The molecule has 0 bridgehead atoms. The number of carbonyl (C=O) groups excluding carboxylic acids is 1. The Balaban J connectivity index is 1.76. The molecule has 1 N–H and O–H groups in total. The van der Waals surface area contributed by atoms with Gasteiger partial charge in [-0.05, 0) is 32.6 Å². The van der Waals surface area contributed by atoms with Crippen LogP contribution >= 0.6 is 0 Å². The molecule has 2 heterocycles. The number of aryl methyl sites for hydroxylation is 2. The second-order valence-electron chi connectivity index (χ2n) is 5.18. The van der Waals surface area contributed by atoms with Crippen LogP contribution in [0.15, 0.2) is 6.20 Å². The van der Waals surface area contributed by atoms with Gasteiger partial charge in [0.05, 0.1) is 11.9 Å². The summed E-state index contributed by atoms with van der Waals surface area (Å²) in [6.07, 6.45) is 4.27. The first-order chi connectivity index (χ1) is 9.19. The summed E-state index contributed by atoms with van der Waals surface area (Å²) in [6.45, 7) is 5.88. The Bertz CT molecular complexity index is 608. The standard InChI is InChI=1S/C13H19N5O/c1-3-17-11-7-15-18(13(11)9(2)16-17)8-12(19)14-6-10-4-5-10/h7,10H,3-6,8H2,1-2H3,(H,14,19). The number of amides is 1. The number of nitrogens with one attached hydrogen (secondary N) is 1. The molecule has 1 aliphatic carbocycles. The first-order valence-corrected chi connectivity index (χ1v) is 6.84. The van der Waals surface area contributed by atoms with Crippen molar-refractivity contribution >= 4 is 16.9 Å². The van der Waals surface area contributed by atoms with Crippen molar-refractivity contribution in [3.8, 4) is 0 Å². The highest BCUT2D eigenvalue weighted by Gasteiger charge is 2.22. The molecule has 0 unspecified atom stereocenters. The third-order valence-corrected chi connectivity index (χ3v) is 3.59. The Morgan fingerprint density at radius 2 is 2.26 bits per heavy atom.